The summed E-state index contributed by atoms with van der Waals surface area (Å²) in [5.74, 6) is 0.160. The number of nitrogens with two attached hydrogens (primary N) is 2. The molecule has 28 heavy (non-hydrogen) atoms. The summed E-state index contributed by atoms with van der Waals surface area (Å²) in [4.78, 5) is 11.7. The number of anilines is 2. The van der Waals surface area contributed by atoms with Crippen molar-refractivity contribution in [2.24, 2.45) is 0 Å². The molecule has 0 amide bonds. The van der Waals surface area contributed by atoms with Crippen molar-refractivity contribution in [1.82, 2.24) is 0 Å². The van der Waals surface area contributed by atoms with Gasteiger partial charge in [-0.1, -0.05) is 48.5 Å². The zero-order valence-electron chi connectivity index (χ0n) is 15.4. The van der Waals surface area contributed by atoms with Crippen molar-refractivity contribution < 1.29 is 14.3 Å². The second-order valence-electron chi connectivity index (χ2n) is 6.25. The van der Waals surface area contributed by atoms with E-state index >= 15 is 0 Å². The first-order valence-corrected chi connectivity index (χ1v) is 8.85. The van der Waals surface area contributed by atoms with E-state index in [-0.39, 0.29) is 6.79 Å². The number of nitrogen functional groups attached to an aromatic ring is 2. The molecule has 0 heterocycles. The Morgan fingerprint density at radius 2 is 1.68 bits per heavy atom. The molecule has 0 aliphatic heterocycles. The minimum Gasteiger partial charge on any atom is -0.457 e. The number of carbonyl (C=O) groups excluding carboxylic acids is 1. The van der Waals surface area contributed by atoms with Crippen LogP contribution in [0, 0.1) is 0 Å². The average Bonchev–Trinajstić information content (AvgIpc) is 2.70. The lowest BCUT2D eigenvalue weighted by Crippen LogP contribution is -2.07. The van der Waals surface area contributed by atoms with E-state index in [9.17, 15) is 4.79 Å². The van der Waals surface area contributed by atoms with E-state index in [0.29, 0.717) is 23.5 Å². The van der Waals surface area contributed by atoms with Crippen LogP contribution in [0.25, 0.3) is 6.08 Å². The van der Waals surface area contributed by atoms with Crippen molar-refractivity contribution in [2.75, 3.05) is 18.3 Å². The van der Waals surface area contributed by atoms with E-state index in [1.807, 2.05) is 66.7 Å². The Balaban J connectivity index is 1.46. The highest BCUT2D eigenvalue weighted by Gasteiger charge is 2.03. The molecule has 5 heteroatoms. The monoisotopic (exact) mass is 374 g/mol. The van der Waals surface area contributed by atoms with Crippen molar-refractivity contribution in [3.63, 3.8) is 0 Å². The molecule has 0 aliphatic rings. The number of hydrogen-bond acceptors (Lipinski definition) is 5. The smallest absolute Gasteiger partial charge is 0.333 e. The summed E-state index contributed by atoms with van der Waals surface area (Å²) in [6, 6.07) is 22.6. The maximum Gasteiger partial charge on any atom is 0.333 e. The van der Waals surface area contributed by atoms with Crippen LogP contribution in [0.4, 0.5) is 11.4 Å². The lowest BCUT2D eigenvalue weighted by atomic mass is 10.0. The summed E-state index contributed by atoms with van der Waals surface area (Å²) in [7, 11) is 0. The molecule has 0 atom stereocenters. The minimum absolute atomic E-state index is 0.151. The molecule has 0 aromatic heterocycles. The highest BCUT2D eigenvalue weighted by atomic mass is 16.7. The third-order valence-corrected chi connectivity index (χ3v) is 4.13. The van der Waals surface area contributed by atoms with Crippen LogP contribution in [0.3, 0.4) is 0 Å². The lowest BCUT2D eigenvalue weighted by Gasteiger charge is -2.09. The molecule has 0 spiro atoms. The third kappa shape index (κ3) is 5.64. The first kappa shape index (κ1) is 19.0. The van der Waals surface area contributed by atoms with Gasteiger partial charge in [0.15, 0.2) is 0 Å². The van der Waals surface area contributed by atoms with Gasteiger partial charge >= 0.3 is 5.97 Å². The second-order valence-corrected chi connectivity index (χ2v) is 6.25. The Hall–Kier alpha value is -3.73. The molecule has 0 unspecified atom stereocenters. The zero-order valence-corrected chi connectivity index (χ0v) is 15.4. The van der Waals surface area contributed by atoms with Crippen LogP contribution in [-0.4, -0.2) is 12.8 Å². The molecule has 142 valence electrons. The van der Waals surface area contributed by atoms with Crippen LogP contribution in [0.1, 0.15) is 16.7 Å². The maximum atomic E-state index is 11.7. The van der Waals surface area contributed by atoms with Crippen molar-refractivity contribution in [1.29, 1.82) is 0 Å². The van der Waals surface area contributed by atoms with Gasteiger partial charge in [0.05, 0.1) is 0 Å². The molecule has 0 radical (unpaired) electrons. The molecule has 5 nitrogen and oxygen atoms in total. The second kappa shape index (κ2) is 9.28. The molecule has 3 aromatic rings. The van der Waals surface area contributed by atoms with Gasteiger partial charge in [-0.3, -0.25) is 0 Å². The SMILES string of the molecule is Nc1ccc(Cc2ccc(OCOC(=O)/C=C\c3ccccc3)cc2)c(N)c1. The average molecular weight is 374 g/mol. The Morgan fingerprint density at radius 3 is 2.39 bits per heavy atom. The highest BCUT2D eigenvalue weighted by Crippen LogP contribution is 2.21. The fourth-order valence-corrected chi connectivity index (χ4v) is 2.63. The quantitative estimate of drug-likeness (QED) is 0.282. The summed E-state index contributed by atoms with van der Waals surface area (Å²) in [6.45, 7) is -0.151. The number of benzene rings is 3. The molecule has 4 N–H and O–H groups in total. The van der Waals surface area contributed by atoms with E-state index in [1.54, 1.807) is 12.1 Å². The van der Waals surface area contributed by atoms with Gasteiger partial charge < -0.3 is 20.9 Å². The van der Waals surface area contributed by atoms with Gasteiger partial charge in [-0.05, 0) is 53.5 Å². The first-order valence-electron chi connectivity index (χ1n) is 8.85. The van der Waals surface area contributed by atoms with E-state index in [1.165, 1.54) is 6.08 Å². The summed E-state index contributed by atoms with van der Waals surface area (Å²) in [6.07, 6.45) is 3.77. The van der Waals surface area contributed by atoms with Crippen molar-refractivity contribution in [2.45, 2.75) is 6.42 Å². The minimum atomic E-state index is -0.459. The predicted molar refractivity (Wildman–Crippen MR) is 112 cm³/mol. The number of ether oxygens (including phenoxy) is 2. The number of hydrogen-bond donors (Lipinski definition) is 2. The third-order valence-electron chi connectivity index (χ3n) is 4.13. The normalized spacial score (nSPS) is 10.7. The summed E-state index contributed by atoms with van der Waals surface area (Å²) in [5, 5.41) is 0. The Labute approximate surface area is 164 Å². The largest absolute Gasteiger partial charge is 0.457 e. The topological polar surface area (TPSA) is 87.6 Å². The Morgan fingerprint density at radius 1 is 0.929 bits per heavy atom. The molecular formula is C23H22N2O3. The van der Waals surface area contributed by atoms with Crippen LogP contribution in [0.2, 0.25) is 0 Å². The Kier molecular flexibility index (Phi) is 6.31. The van der Waals surface area contributed by atoms with Crippen molar-refractivity contribution in [3.05, 3.63) is 95.6 Å². The van der Waals surface area contributed by atoms with Gasteiger partial charge in [-0.15, -0.1) is 0 Å². The molecule has 0 bridgehead atoms. The molecule has 3 aromatic carbocycles. The fraction of sp³-hybridized carbons (Fsp3) is 0.0870. The van der Waals surface area contributed by atoms with Gasteiger partial charge in [-0.25, -0.2) is 4.79 Å². The first-order chi connectivity index (χ1) is 13.6. The molecule has 0 aliphatic carbocycles. The fourth-order valence-electron chi connectivity index (χ4n) is 2.63. The number of carbonyl (C=O) groups is 1. The molecule has 0 saturated heterocycles. The predicted octanol–water partition coefficient (Wildman–Crippen LogP) is 4.03. The van der Waals surface area contributed by atoms with E-state index in [2.05, 4.69) is 0 Å². The Bertz CT molecular complexity index is 951. The van der Waals surface area contributed by atoms with Gasteiger partial charge in [0.2, 0.25) is 6.79 Å². The number of rotatable bonds is 7. The summed E-state index contributed by atoms with van der Waals surface area (Å²) < 4.78 is 10.5. The van der Waals surface area contributed by atoms with E-state index < -0.39 is 5.97 Å². The van der Waals surface area contributed by atoms with Crippen molar-refractivity contribution >= 4 is 23.4 Å². The molecule has 0 saturated carbocycles. The molecular weight excluding hydrogens is 352 g/mol. The lowest BCUT2D eigenvalue weighted by molar-refractivity contribution is -0.144. The van der Waals surface area contributed by atoms with Crippen LogP contribution in [0.15, 0.2) is 78.9 Å². The van der Waals surface area contributed by atoms with Crippen LogP contribution >= 0.6 is 0 Å². The van der Waals surface area contributed by atoms with Crippen LogP contribution in [0.5, 0.6) is 5.75 Å². The molecule has 3 rings (SSSR count). The van der Waals surface area contributed by atoms with Crippen LogP contribution in [-0.2, 0) is 16.0 Å². The van der Waals surface area contributed by atoms with Crippen LogP contribution < -0.4 is 16.2 Å². The van der Waals surface area contributed by atoms with Gasteiger partial charge in [0.25, 0.3) is 0 Å². The van der Waals surface area contributed by atoms with Gasteiger partial charge in [-0.2, -0.15) is 0 Å². The van der Waals surface area contributed by atoms with Crippen molar-refractivity contribution in [3.8, 4) is 5.75 Å². The maximum absolute atomic E-state index is 11.7. The summed E-state index contributed by atoms with van der Waals surface area (Å²) in [5.41, 5.74) is 16.1. The number of esters is 1. The zero-order chi connectivity index (χ0) is 19.8. The summed E-state index contributed by atoms with van der Waals surface area (Å²) >= 11 is 0. The standard InChI is InChI=1S/C23H22N2O3/c24-20-10-9-19(22(25)15-20)14-18-6-11-21(12-7-18)27-16-28-23(26)13-8-17-4-2-1-3-5-17/h1-13,15H,14,16,24-25H2/b13-8-. The van der Waals surface area contributed by atoms with Gasteiger partial charge in [0.1, 0.15) is 5.75 Å². The molecule has 0 fully saturated rings. The van der Waals surface area contributed by atoms with Gasteiger partial charge in [0, 0.05) is 17.5 Å². The van der Waals surface area contributed by atoms with E-state index in [0.717, 1.165) is 16.7 Å². The van der Waals surface area contributed by atoms with E-state index in [4.69, 9.17) is 20.9 Å². The highest BCUT2D eigenvalue weighted by molar-refractivity contribution is 5.86.